The number of carbonyl (C=O) groups excluding carboxylic acids is 1. The molecule has 1 heterocycles. The van der Waals surface area contributed by atoms with Crippen LogP contribution in [0.2, 0.25) is 0 Å². The fraction of sp³-hybridized carbons (Fsp3) is 0.238. The van der Waals surface area contributed by atoms with Gasteiger partial charge in [-0.05, 0) is 49.8 Å². The highest BCUT2D eigenvalue weighted by Gasteiger charge is 2.27. The zero-order chi connectivity index (χ0) is 21.0. The van der Waals surface area contributed by atoms with Crippen LogP contribution in [-0.4, -0.2) is 31.7 Å². The van der Waals surface area contributed by atoms with E-state index in [4.69, 9.17) is 14.2 Å². The molecular weight excluding hydrogens is 384 g/mol. The van der Waals surface area contributed by atoms with Crippen molar-refractivity contribution < 1.29 is 32.5 Å². The topological polar surface area (TPSA) is 66.3 Å². The highest BCUT2D eigenvalue weighted by atomic mass is 19.3. The first-order valence-corrected chi connectivity index (χ1v) is 8.79. The van der Waals surface area contributed by atoms with Crippen LogP contribution in [0.4, 0.5) is 8.78 Å². The summed E-state index contributed by atoms with van der Waals surface area (Å²) >= 11 is 0. The zero-order valence-corrected chi connectivity index (χ0v) is 16.0. The summed E-state index contributed by atoms with van der Waals surface area (Å²) in [4.78, 5) is 16.4. The minimum Gasteiger partial charge on any atom is -0.493 e. The summed E-state index contributed by atoms with van der Waals surface area (Å²) in [6.45, 7) is 0.786. The van der Waals surface area contributed by atoms with E-state index in [1.165, 1.54) is 31.4 Å². The van der Waals surface area contributed by atoms with Gasteiger partial charge in [-0.1, -0.05) is 18.2 Å². The lowest BCUT2D eigenvalue weighted by molar-refractivity contribution is -0.129. The summed E-state index contributed by atoms with van der Waals surface area (Å²) < 4.78 is 45.8. The van der Waals surface area contributed by atoms with Crippen molar-refractivity contribution in [2.24, 2.45) is 4.99 Å². The Hall–Kier alpha value is -3.42. The van der Waals surface area contributed by atoms with Crippen molar-refractivity contribution in [3.8, 4) is 17.2 Å². The van der Waals surface area contributed by atoms with Crippen LogP contribution in [0, 0.1) is 0 Å². The highest BCUT2D eigenvalue weighted by Crippen LogP contribution is 2.31. The number of nitrogens with zero attached hydrogens (tertiary/aromatic N) is 1. The number of halogens is 2. The monoisotopic (exact) mass is 403 g/mol. The Kier molecular flexibility index (Phi) is 6.11. The number of para-hydroxylation sites is 1. The smallest absolute Gasteiger partial charge is 0.387 e. The summed E-state index contributed by atoms with van der Waals surface area (Å²) in [6, 6.07) is 11.1. The predicted octanol–water partition coefficient (Wildman–Crippen LogP) is 4.43. The van der Waals surface area contributed by atoms with Gasteiger partial charge in [0.25, 0.3) is 0 Å². The van der Waals surface area contributed by atoms with E-state index >= 15 is 0 Å². The second-order valence-electron chi connectivity index (χ2n) is 6.29. The van der Waals surface area contributed by atoms with Gasteiger partial charge in [0.2, 0.25) is 5.90 Å². The molecule has 0 unspecified atom stereocenters. The SMILES string of the molecule is COc1cc(C=C2N=C(c3ccccc3OC(F)F)OC2=O)ccc1OC(C)C. The molecule has 0 amide bonds. The van der Waals surface area contributed by atoms with Gasteiger partial charge in [0.1, 0.15) is 5.75 Å². The van der Waals surface area contributed by atoms with E-state index in [0.717, 1.165) is 0 Å². The van der Waals surface area contributed by atoms with Crippen LogP contribution in [0.25, 0.3) is 6.08 Å². The Morgan fingerprint density at radius 1 is 1.03 bits per heavy atom. The quantitative estimate of drug-likeness (QED) is 0.506. The van der Waals surface area contributed by atoms with Gasteiger partial charge in [-0.3, -0.25) is 0 Å². The van der Waals surface area contributed by atoms with Crippen LogP contribution in [0.1, 0.15) is 25.0 Å². The van der Waals surface area contributed by atoms with E-state index in [-0.39, 0.29) is 29.0 Å². The average molecular weight is 403 g/mol. The minimum atomic E-state index is -3.01. The lowest BCUT2D eigenvalue weighted by Crippen LogP contribution is -2.10. The molecule has 0 saturated heterocycles. The highest BCUT2D eigenvalue weighted by molar-refractivity contribution is 6.13. The van der Waals surface area contributed by atoms with Crippen LogP contribution in [0.3, 0.4) is 0 Å². The van der Waals surface area contributed by atoms with E-state index in [1.54, 1.807) is 24.3 Å². The fourth-order valence-corrected chi connectivity index (χ4v) is 2.65. The number of hydrogen-bond donors (Lipinski definition) is 0. The Morgan fingerprint density at radius 3 is 2.48 bits per heavy atom. The average Bonchev–Trinajstić information content (AvgIpc) is 3.02. The molecule has 6 nitrogen and oxygen atoms in total. The van der Waals surface area contributed by atoms with Gasteiger partial charge in [0.15, 0.2) is 17.2 Å². The molecule has 8 heteroatoms. The second-order valence-corrected chi connectivity index (χ2v) is 6.29. The maximum atomic E-state index is 12.6. The van der Waals surface area contributed by atoms with Crippen molar-refractivity contribution in [2.75, 3.05) is 7.11 Å². The maximum Gasteiger partial charge on any atom is 0.387 e. The van der Waals surface area contributed by atoms with Crippen molar-refractivity contribution in [3.05, 3.63) is 59.3 Å². The van der Waals surface area contributed by atoms with Gasteiger partial charge in [-0.2, -0.15) is 8.78 Å². The molecule has 3 rings (SSSR count). The second kappa shape index (κ2) is 8.72. The van der Waals surface area contributed by atoms with E-state index in [9.17, 15) is 13.6 Å². The standard InChI is InChI=1S/C21H19F2NO5/c1-12(2)27-17-9-8-13(11-18(17)26-3)10-15-20(25)29-19(24-15)14-6-4-5-7-16(14)28-21(22)23/h4-12,21H,1-3H3. The minimum absolute atomic E-state index is 0.0198. The summed E-state index contributed by atoms with van der Waals surface area (Å²) in [5.74, 6) is 0.130. The molecule has 152 valence electrons. The first-order chi connectivity index (χ1) is 13.9. The number of rotatable bonds is 7. The van der Waals surface area contributed by atoms with Crippen LogP contribution in [-0.2, 0) is 9.53 Å². The van der Waals surface area contributed by atoms with Crippen molar-refractivity contribution in [1.29, 1.82) is 0 Å². The molecule has 2 aromatic rings. The summed E-state index contributed by atoms with van der Waals surface area (Å²) in [5.41, 5.74) is 0.807. The molecule has 0 radical (unpaired) electrons. The number of hydrogen-bond acceptors (Lipinski definition) is 6. The van der Waals surface area contributed by atoms with Crippen LogP contribution in [0.5, 0.6) is 17.2 Å². The molecule has 1 aliphatic rings. The van der Waals surface area contributed by atoms with Crippen LogP contribution in [0.15, 0.2) is 53.2 Å². The van der Waals surface area contributed by atoms with Gasteiger partial charge < -0.3 is 18.9 Å². The van der Waals surface area contributed by atoms with Crippen LogP contribution >= 0.6 is 0 Å². The fourth-order valence-electron chi connectivity index (χ4n) is 2.65. The number of aliphatic imine (C=N–C) groups is 1. The van der Waals surface area contributed by atoms with Gasteiger partial charge >= 0.3 is 12.6 Å². The molecule has 0 atom stereocenters. The first kappa shape index (κ1) is 20.3. The molecule has 0 aliphatic carbocycles. The molecule has 2 aromatic carbocycles. The lowest BCUT2D eigenvalue weighted by atomic mass is 10.1. The molecule has 1 aliphatic heterocycles. The van der Waals surface area contributed by atoms with E-state index in [1.807, 2.05) is 13.8 Å². The van der Waals surface area contributed by atoms with Gasteiger partial charge in [0.05, 0.1) is 18.8 Å². The van der Waals surface area contributed by atoms with Crippen molar-refractivity contribution in [3.63, 3.8) is 0 Å². The molecule has 0 bridgehead atoms. The number of cyclic esters (lactones) is 1. The molecule has 29 heavy (non-hydrogen) atoms. The van der Waals surface area contributed by atoms with E-state index in [0.29, 0.717) is 17.1 Å². The largest absolute Gasteiger partial charge is 0.493 e. The Labute approximate surface area is 166 Å². The predicted molar refractivity (Wildman–Crippen MR) is 102 cm³/mol. The third kappa shape index (κ3) is 4.90. The van der Waals surface area contributed by atoms with Gasteiger partial charge in [0, 0.05) is 0 Å². The summed E-state index contributed by atoms with van der Waals surface area (Å²) in [6.07, 6.45) is 1.48. The number of benzene rings is 2. The van der Waals surface area contributed by atoms with Crippen molar-refractivity contribution >= 4 is 17.9 Å². The number of esters is 1. The molecule has 0 spiro atoms. The van der Waals surface area contributed by atoms with Gasteiger partial charge in [-0.15, -0.1) is 0 Å². The van der Waals surface area contributed by atoms with Crippen molar-refractivity contribution in [1.82, 2.24) is 0 Å². The normalized spacial score (nSPS) is 14.9. The molecular formula is C21H19F2NO5. The van der Waals surface area contributed by atoms with Crippen molar-refractivity contribution in [2.45, 2.75) is 26.6 Å². The number of ether oxygens (including phenoxy) is 4. The molecule has 0 aromatic heterocycles. The molecule has 0 fully saturated rings. The molecule has 0 N–H and O–H groups in total. The van der Waals surface area contributed by atoms with Crippen LogP contribution < -0.4 is 14.2 Å². The lowest BCUT2D eigenvalue weighted by Gasteiger charge is -2.13. The summed E-state index contributed by atoms with van der Waals surface area (Å²) in [5, 5.41) is 0. The third-order valence-corrected chi connectivity index (χ3v) is 3.81. The number of carbonyl (C=O) groups is 1. The van der Waals surface area contributed by atoms with E-state index < -0.39 is 12.6 Å². The Balaban J connectivity index is 1.92. The molecule has 0 saturated carbocycles. The maximum absolute atomic E-state index is 12.6. The first-order valence-electron chi connectivity index (χ1n) is 8.79. The number of methoxy groups -OCH3 is 1. The third-order valence-electron chi connectivity index (χ3n) is 3.81. The Morgan fingerprint density at radius 2 is 1.79 bits per heavy atom. The zero-order valence-electron chi connectivity index (χ0n) is 16.0. The summed E-state index contributed by atoms with van der Waals surface area (Å²) in [7, 11) is 1.51. The van der Waals surface area contributed by atoms with E-state index in [2.05, 4.69) is 9.73 Å². The Bertz CT molecular complexity index is 969. The van der Waals surface area contributed by atoms with Gasteiger partial charge in [-0.25, -0.2) is 9.79 Å². The number of alkyl halides is 2.